The molecule has 8 heteroatoms. The summed E-state index contributed by atoms with van der Waals surface area (Å²) < 4.78 is 38.7. The number of hydrogen-bond acceptors (Lipinski definition) is 5. The van der Waals surface area contributed by atoms with E-state index in [1.165, 1.54) is 4.31 Å². The average Bonchev–Trinajstić information content (AvgIpc) is 2.72. The maximum atomic E-state index is 13.0. The van der Waals surface area contributed by atoms with Crippen molar-refractivity contribution in [2.24, 2.45) is 0 Å². The number of benzene rings is 2. The van der Waals surface area contributed by atoms with Crippen LogP contribution in [0.3, 0.4) is 0 Å². The second kappa shape index (κ2) is 7.68. The molecule has 0 saturated carbocycles. The second-order valence-electron chi connectivity index (χ2n) is 7.29. The number of ether oxygens (including phenoxy) is 2. The van der Waals surface area contributed by atoms with E-state index in [1.54, 1.807) is 42.2 Å². The molecule has 0 aliphatic carbocycles. The van der Waals surface area contributed by atoms with Crippen molar-refractivity contribution >= 4 is 15.9 Å². The molecule has 154 valence electrons. The first kappa shape index (κ1) is 19.7. The van der Waals surface area contributed by atoms with Gasteiger partial charge in [0.05, 0.1) is 10.5 Å². The van der Waals surface area contributed by atoms with Gasteiger partial charge in [0.1, 0.15) is 13.2 Å². The topological polar surface area (TPSA) is 76.2 Å². The van der Waals surface area contributed by atoms with E-state index in [4.69, 9.17) is 9.47 Å². The first-order chi connectivity index (χ1) is 13.9. The number of carbonyl (C=O) groups excluding carboxylic acids is 1. The number of fused-ring (bicyclic) bond motifs is 1. The Bertz CT molecular complexity index is 1040. The summed E-state index contributed by atoms with van der Waals surface area (Å²) in [6.45, 7) is 5.77. The van der Waals surface area contributed by atoms with Gasteiger partial charge in [-0.25, -0.2) is 8.42 Å². The molecule has 29 heavy (non-hydrogen) atoms. The summed E-state index contributed by atoms with van der Waals surface area (Å²) in [5.41, 5.74) is 2.21. The van der Waals surface area contributed by atoms with E-state index in [0.29, 0.717) is 48.3 Å². The first-order valence-electron chi connectivity index (χ1n) is 9.63. The largest absolute Gasteiger partial charge is 0.486 e. The molecule has 0 aromatic heterocycles. The molecule has 0 radical (unpaired) electrons. The van der Waals surface area contributed by atoms with Crippen molar-refractivity contribution in [1.82, 2.24) is 9.21 Å². The molecular weight excluding hydrogens is 392 g/mol. The van der Waals surface area contributed by atoms with Crippen LogP contribution in [0, 0.1) is 13.8 Å². The Hall–Kier alpha value is -2.58. The van der Waals surface area contributed by atoms with Crippen LogP contribution in [0.4, 0.5) is 0 Å². The van der Waals surface area contributed by atoms with Gasteiger partial charge in [0.2, 0.25) is 10.0 Å². The minimum absolute atomic E-state index is 0.170. The van der Waals surface area contributed by atoms with Crippen LogP contribution in [0.2, 0.25) is 0 Å². The molecule has 0 unspecified atom stereocenters. The van der Waals surface area contributed by atoms with E-state index in [0.717, 1.165) is 11.1 Å². The molecule has 1 fully saturated rings. The molecule has 4 rings (SSSR count). The van der Waals surface area contributed by atoms with Gasteiger partial charge >= 0.3 is 0 Å². The maximum absolute atomic E-state index is 13.0. The monoisotopic (exact) mass is 416 g/mol. The summed E-state index contributed by atoms with van der Waals surface area (Å²) in [4.78, 5) is 15.0. The molecule has 0 bridgehead atoms. The van der Waals surface area contributed by atoms with Gasteiger partial charge in [0.15, 0.2) is 11.5 Å². The molecule has 2 heterocycles. The Morgan fingerprint density at radius 2 is 1.69 bits per heavy atom. The van der Waals surface area contributed by atoms with Gasteiger partial charge in [-0.05, 0) is 37.6 Å². The molecule has 0 N–H and O–H groups in total. The minimum Gasteiger partial charge on any atom is -0.486 e. The quantitative estimate of drug-likeness (QED) is 0.767. The molecule has 2 aliphatic heterocycles. The lowest BCUT2D eigenvalue weighted by atomic mass is 10.1. The average molecular weight is 416 g/mol. The van der Waals surface area contributed by atoms with E-state index in [2.05, 4.69) is 0 Å². The lowest BCUT2D eigenvalue weighted by Gasteiger charge is -2.34. The van der Waals surface area contributed by atoms with Crippen LogP contribution in [-0.2, 0) is 10.0 Å². The zero-order valence-corrected chi connectivity index (χ0v) is 17.4. The molecule has 2 aromatic carbocycles. The van der Waals surface area contributed by atoms with E-state index in [-0.39, 0.29) is 19.0 Å². The molecule has 0 atom stereocenters. The summed E-state index contributed by atoms with van der Waals surface area (Å²) in [5.74, 6) is 0.864. The van der Waals surface area contributed by atoms with Gasteiger partial charge in [-0.1, -0.05) is 23.8 Å². The summed E-state index contributed by atoms with van der Waals surface area (Å²) in [6.07, 6.45) is 0. The van der Waals surface area contributed by atoms with Crippen LogP contribution in [-0.4, -0.2) is 62.9 Å². The van der Waals surface area contributed by atoms with Crippen LogP contribution in [0.15, 0.2) is 41.3 Å². The highest BCUT2D eigenvalue weighted by Crippen LogP contribution is 2.34. The van der Waals surface area contributed by atoms with Gasteiger partial charge in [-0.3, -0.25) is 4.79 Å². The highest BCUT2D eigenvalue weighted by Gasteiger charge is 2.32. The lowest BCUT2D eigenvalue weighted by molar-refractivity contribution is 0.0688. The lowest BCUT2D eigenvalue weighted by Crippen LogP contribution is -2.50. The Morgan fingerprint density at radius 1 is 0.966 bits per heavy atom. The van der Waals surface area contributed by atoms with Crippen molar-refractivity contribution < 1.29 is 22.7 Å². The second-order valence-corrected chi connectivity index (χ2v) is 9.20. The zero-order valence-electron chi connectivity index (χ0n) is 16.6. The van der Waals surface area contributed by atoms with Gasteiger partial charge in [0.25, 0.3) is 5.91 Å². The maximum Gasteiger partial charge on any atom is 0.257 e. The van der Waals surface area contributed by atoms with Crippen molar-refractivity contribution in [1.29, 1.82) is 0 Å². The molecular formula is C21H24N2O5S. The van der Waals surface area contributed by atoms with Gasteiger partial charge in [-0.15, -0.1) is 0 Å². The van der Waals surface area contributed by atoms with Crippen LogP contribution in [0.1, 0.15) is 21.5 Å². The van der Waals surface area contributed by atoms with Gasteiger partial charge in [-0.2, -0.15) is 4.31 Å². The highest BCUT2D eigenvalue weighted by atomic mass is 32.2. The fourth-order valence-electron chi connectivity index (χ4n) is 3.77. The first-order valence-corrected chi connectivity index (χ1v) is 11.1. The van der Waals surface area contributed by atoms with Crippen molar-refractivity contribution in [2.45, 2.75) is 18.7 Å². The predicted molar refractivity (Wildman–Crippen MR) is 108 cm³/mol. The number of amides is 1. The molecule has 1 saturated heterocycles. The van der Waals surface area contributed by atoms with E-state index in [1.807, 2.05) is 13.0 Å². The number of aryl methyl sites for hydroxylation is 2. The van der Waals surface area contributed by atoms with E-state index in [9.17, 15) is 13.2 Å². The third-order valence-electron chi connectivity index (χ3n) is 5.27. The summed E-state index contributed by atoms with van der Waals surface area (Å²) in [7, 11) is -3.59. The van der Waals surface area contributed by atoms with Crippen molar-refractivity contribution in [3.8, 4) is 11.5 Å². The summed E-state index contributed by atoms with van der Waals surface area (Å²) >= 11 is 0. The Balaban J connectivity index is 1.49. The van der Waals surface area contributed by atoms with Crippen LogP contribution in [0.5, 0.6) is 11.5 Å². The minimum atomic E-state index is -3.59. The van der Waals surface area contributed by atoms with Gasteiger partial charge in [0, 0.05) is 26.2 Å². The van der Waals surface area contributed by atoms with Crippen LogP contribution < -0.4 is 9.47 Å². The third-order valence-corrected chi connectivity index (χ3v) is 7.33. The van der Waals surface area contributed by atoms with E-state index < -0.39 is 10.0 Å². The molecule has 2 aliphatic rings. The molecule has 2 aromatic rings. The number of piperazine rings is 1. The van der Waals surface area contributed by atoms with Gasteiger partial charge < -0.3 is 14.4 Å². The number of hydrogen-bond donors (Lipinski definition) is 0. The molecule has 1 amide bonds. The van der Waals surface area contributed by atoms with Crippen LogP contribution in [0.25, 0.3) is 0 Å². The third kappa shape index (κ3) is 3.70. The van der Waals surface area contributed by atoms with Crippen molar-refractivity contribution in [3.05, 3.63) is 53.1 Å². The SMILES string of the molecule is Cc1ccc(S(=O)(=O)N2CCN(C(=O)c3cccc4c3OCCO4)CC2)c(C)c1. The predicted octanol–water partition coefficient (Wildman–Crippen LogP) is 2.22. The number of carbonyl (C=O) groups is 1. The normalized spacial score (nSPS) is 17.2. The number of rotatable bonds is 3. The summed E-state index contributed by atoms with van der Waals surface area (Å²) in [6, 6.07) is 10.6. The highest BCUT2D eigenvalue weighted by molar-refractivity contribution is 7.89. The van der Waals surface area contributed by atoms with E-state index >= 15 is 0 Å². The molecule has 0 spiro atoms. The smallest absolute Gasteiger partial charge is 0.257 e. The zero-order chi connectivity index (χ0) is 20.6. The Labute approximate surface area is 170 Å². The fraction of sp³-hybridized carbons (Fsp3) is 0.381. The standard InChI is InChI=1S/C21H24N2O5S/c1-15-6-7-19(16(2)14-15)29(25,26)23-10-8-22(9-11-23)21(24)17-4-3-5-18-20(17)28-13-12-27-18/h3-7,14H,8-13H2,1-2H3. The number of para-hydroxylation sites is 1. The molecule has 7 nitrogen and oxygen atoms in total. The van der Waals surface area contributed by atoms with Crippen LogP contribution >= 0.6 is 0 Å². The number of nitrogens with zero attached hydrogens (tertiary/aromatic N) is 2. The van der Waals surface area contributed by atoms with Crippen molar-refractivity contribution in [3.63, 3.8) is 0 Å². The Kier molecular flexibility index (Phi) is 5.23. The summed E-state index contributed by atoms with van der Waals surface area (Å²) in [5, 5.41) is 0. The Morgan fingerprint density at radius 3 is 2.41 bits per heavy atom. The van der Waals surface area contributed by atoms with Crippen molar-refractivity contribution in [2.75, 3.05) is 39.4 Å². The number of sulfonamides is 1. The fourth-order valence-corrected chi connectivity index (χ4v) is 5.40.